The molecule has 2 aromatic rings. The molecule has 25 heavy (non-hydrogen) atoms. The van der Waals surface area contributed by atoms with Crippen LogP contribution in [0.4, 0.5) is 0 Å². The van der Waals surface area contributed by atoms with Gasteiger partial charge >= 0.3 is 0 Å². The molecule has 5 nitrogen and oxygen atoms in total. The lowest BCUT2D eigenvalue weighted by Gasteiger charge is -2.14. The van der Waals surface area contributed by atoms with E-state index >= 15 is 0 Å². The Kier molecular flexibility index (Phi) is 7.16. The third kappa shape index (κ3) is 6.00. The van der Waals surface area contributed by atoms with E-state index in [0.29, 0.717) is 36.2 Å². The first-order chi connectivity index (χ1) is 12.0. The average molecular weight is 343 g/mol. The maximum atomic E-state index is 12.4. The fourth-order valence-electron chi connectivity index (χ4n) is 2.93. The summed E-state index contributed by atoms with van der Waals surface area (Å²) in [5.74, 6) is 0.760. The summed E-state index contributed by atoms with van der Waals surface area (Å²) in [6.07, 6.45) is 5.96. The maximum absolute atomic E-state index is 12.4. The van der Waals surface area contributed by atoms with Crippen LogP contribution in [0.1, 0.15) is 52.9 Å². The molecule has 1 heterocycles. The third-order valence-corrected chi connectivity index (χ3v) is 4.36. The highest BCUT2D eigenvalue weighted by molar-refractivity contribution is 5.77. The summed E-state index contributed by atoms with van der Waals surface area (Å²) in [6, 6.07) is 7.52. The third-order valence-electron chi connectivity index (χ3n) is 4.36. The van der Waals surface area contributed by atoms with Crippen molar-refractivity contribution in [2.24, 2.45) is 5.92 Å². The van der Waals surface area contributed by atoms with E-state index in [0.717, 1.165) is 12.8 Å². The number of carbonyl (C=O) groups excluding carboxylic acids is 1. The van der Waals surface area contributed by atoms with Crippen LogP contribution < -0.4 is 10.9 Å². The van der Waals surface area contributed by atoms with Crippen molar-refractivity contribution in [1.82, 2.24) is 14.9 Å². The van der Waals surface area contributed by atoms with Gasteiger partial charge in [-0.25, -0.2) is 4.98 Å². The number of amides is 1. The summed E-state index contributed by atoms with van der Waals surface area (Å²) in [7, 11) is 0. The van der Waals surface area contributed by atoms with Crippen molar-refractivity contribution in [3.05, 3.63) is 40.9 Å². The molecule has 1 atom stereocenters. The number of aryl methyl sites for hydroxylation is 1. The molecule has 0 aliphatic heterocycles. The number of carbonyl (C=O) groups is 1. The second-order valence-corrected chi connectivity index (χ2v) is 7.16. The number of hydrogen-bond acceptors (Lipinski definition) is 3. The van der Waals surface area contributed by atoms with Gasteiger partial charge in [-0.1, -0.05) is 38.8 Å². The summed E-state index contributed by atoms with van der Waals surface area (Å²) in [4.78, 5) is 28.7. The molecule has 0 aliphatic rings. The second kappa shape index (κ2) is 9.35. The highest BCUT2D eigenvalue weighted by atomic mass is 16.1. The number of rotatable bonds is 9. The van der Waals surface area contributed by atoms with Gasteiger partial charge in [0.1, 0.15) is 0 Å². The van der Waals surface area contributed by atoms with Crippen molar-refractivity contribution in [1.29, 1.82) is 0 Å². The lowest BCUT2D eigenvalue weighted by Crippen LogP contribution is -2.32. The molecular formula is C20H29N3O2. The van der Waals surface area contributed by atoms with Crippen molar-refractivity contribution in [2.45, 2.75) is 65.5 Å². The number of fused-ring (bicyclic) bond motifs is 1. The molecular weight excluding hydrogens is 314 g/mol. The number of nitrogens with zero attached hydrogens (tertiary/aromatic N) is 2. The van der Waals surface area contributed by atoms with Gasteiger partial charge in [0, 0.05) is 19.0 Å². The Labute approximate surface area is 149 Å². The Balaban J connectivity index is 1.78. The van der Waals surface area contributed by atoms with Gasteiger partial charge in [-0.2, -0.15) is 0 Å². The molecule has 0 fully saturated rings. The molecule has 0 bridgehead atoms. The van der Waals surface area contributed by atoms with Gasteiger partial charge < -0.3 is 5.32 Å². The van der Waals surface area contributed by atoms with Gasteiger partial charge in [-0.15, -0.1) is 0 Å². The minimum absolute atomic E-state index is 0.0481. The summed E-state index contributed by atoms with van der Waals surface area (Å²) in [5, 5.41) is 3.66. The van der Waals surface area contributed by atoms with Crippen LogP contribution in [0.3, 0.4) is 0 Å². The highest BCUT2D eigenvalue weighted by Gasteiger charge is 2.08. The SMILES string of the molecule is CC(C)CCC[C@@H](C)NC(=O)CCCn1cnc2ccccc2c1=O. The van der Waals surface area contributed by atoms with Crippen LogP contribution in [0.2, 0.25) is 0 Å². The van der Waals surface area contributed by atoms with E-state index in [1.54, 1.807) is 17.0 Å². The highest BCUT2D eigenvalue weighted by Crippen LogP contribution is 2.09. The van der Waals surface area contributed by atoms with Gasteiger partial charge in [-0.05, 0) is 37.8 Å². The molecule has 2 rings (SSSR count). The molecule has 1 N–H and O–H groups in total. The van der Waals surface area contributed by atoms with Crippen molar-refractivity contribution in [3.8, 4) is 0 Å². The maximum Gasteiger partial charge on any atom is 0.261 e. The van der Waals surface area contributed by atoms with Crippen molar-refractivity contribution >= 4 is 16.8 Å². The number of hydrogen-bond donors (Lipinski definition) is 1. The van der Waals surface area contributed by atoms with E-state index in [2.05, 4.69) is 31.1 Å². The van der Waals surface area contributed by atoms with Crippen molar-refractivity contribution < 1.29 is 4.79 Å². The van der Waals surface area contributed by atoms with Crippen molar-refractivity contribution in [3.63, 3.8) is 0 Å². The van der Waals surface area contributed by atoms with Crippen molar-refractivity contribution in [2.75, 3.05) is 0 Å². The Morgan fingerprint density at radius 2 is 1.92 bits per heavy atom. The normalized spacial score (nSPS) is 12.5. The zero-order valence-corrected chi connectivity index (χ0v) is 15.5. The molecule has 1 aromatic heterocycles. The summed E-state index contributed by atoms with van der Waals surface area (Å²) in [5.41, 5.74) is 0.657. The number of para-hydroxylation sites is 1. The molecule has 136 valence electrons. The number of benzene rings is 1. The summed E-state index contributed by atoms with van der Waals surface area (Å²) < 4.78 is 1.58. The first kappa shape index (κ1) is 19.2. The van der Waals surface area contributed by atoms with Gasteiger partial charge in [0.2, 0.25) is 5.91 Å². The van der Waals surface area contributed by atoms with E-state index in [4.69, 9.17) is 0 Å². The molecule has 0 radical (unpaired) electrons. The fourth-order valence-corrected chi connectivity index (χ4v) is 2.93. The summed E-state index contributed by atoms with van der Waals surface area (Å²) >= 11 is 0. The molecule has 0 saturated heterocycles. The minimum Gasteiger partial charge on any atom is -0.354 e. The number of aromatic nitrogens is 2. The minimum atomic E-state index is -0.0481. The Bertz CT molecular complexity index is 752. The van der Waals surface area contributed by atoms with E-state index < -0.39 is 0 Å². The van der Waals surface area contributed by atoms with Crippen LogP contribution >= 0.6 is 0 Å². The number of nitrogens with one attached hydrogen (secondary N) is 1. The molecule has 1 aromatic carbocycles. The lowest BCUT2D eigenvalue weighted by molar-refractivity contribution is -0.121. The largest absolute Gasteiger partial charge is 0.354 e. The molecule has 5 heteroatoms. The van der Waals surface area contributed by atoms with Crippen LogP contribution in [0, 0.1) is 5.92 Å². The van der Waals surface area contributed by atoms with Gasteiger partial charge in [-0.3, -0.25) is 14.2 Å². The van der Waals surface area contributed by atoms with Crippen LogP contribution in [-0.2, 0) is 11.3 Å². The first-order valence-electron chi connectivity index (χ1n) is 9.21. The molecule has 0 spiro atoms. The Hall–Kier alpha value is -2.17. The van der Waals surface area contributed by atoms with Crippen LogP contribution in [-0.4, -0.2) is 21.5 Å². The second-order valence-electron chi connectivity index (χ2n) is 7.16. The fraction of sp³-hybridized carbons (Fsp3) is 0.550. The standard InChI is InChI=1S/C20H29N3O2/c1-15(2)8-6-9-16(3)22-19(24)12-7-13-23-14-21-18-11-5-4-10-17(18)20(23)25/h4-5,10-11,14-16H,6-9,12-13H2,1-3H3,(H,22,24)/t16-/m1/s1. The van der Waals surface area contributed by atoms with Gasteiger partial charge in [0.25, 0.3) is 5.56 Å². The van der Waals surface area contributed by atoms with Crippen LogP contribution in [0.5, 0.6) is 0 Å². The van der Waals surface area contributed by atoms with E-state index in [1.807, 2.05) is 18.2 Å². The van der Waals surface area contributed by atoms with E-state index in [1.165, 1.54) is 6.42 Å². The first-order valence-corrected chi connectivity index (χ1v) is 9.21. The Morgan fingerprint density at radius 3 is 2.68 bits per heavy atom. The predicted octanol–water partition coefficient (Wildman–Crippen LogP) is 3.51. The molecule has 0 aliphatic carbocycles. The quantitative estimate of drug-likeness (QED) is 0.758. The molecule has 0 unspecified atom stereocenters. The van der Waals surface area contributed by atoms with Gasteiger partial charge in [0.15, 0.2) is 0 Å². The molecule has 0 saturated carbocycles. The van der Waals surface area contributed by atoms with Crippen LogP contribution in [0.25, 0.3) is 10.9 Å². The monoisotopic (exact) mass is 343 g/mol. The van der Waals surface area contributed by atoms with Gasteiger partial charge in [0.05, 0.1) is 17.2 Å². The predicted molar refractivity (Wildman–Crippen MR) is 102 cm³/mol. The zero-order valence-electron chi connectivity index (χ0n) is 15.5. The smallest absolute Gasteiger partial charge is 0.261 e. The van der Waals surface area contributed by atoms with Crippen LogP contribution in [0.15, 0.2) is 35.4 Å². The molecule has 1 amide bonds. The lowest BCUT2D eigenvalue weighted by atomic mass is 10.0. The van der Waals surface area contributed by atoms with E-state index in [-0.39, 0.29) is 17.5 Å². The summed E-state index contributed by atoms with van der Waals surface area (Å²) in [6.45, 7) is 6.99. The topological polar surface area (TPSA) is 64.0 Å². The van der Waals surface area contributed by atoms with E-state index in [9.17, 15) is 9.59 Å². The Morgan fingerprint density at radius 1 is 1.16 bits per heavy atom. The zero-order chi connectivity index (χ0) is 18.2. The average Bonchev–Trinajstić information content (AvgIpc) is 2.56.